The third kappa shape index (κ3) is 1.31. The van der Waals surface area contributed by atoms with Gasteiger partial charge in [-0.2, -0.15) is 0 Å². The summed E-state index contributed by atoms with van der Waals surface area (Å²) in [7, 11) is 2.13. The van der Waals surface area contributed by atoms with Crippen LogP contribution in [0.5, 0.6) is 0 Å². The maximum atomic E-state index is 5.98. The molecule has 0 atom stereocenters. The lowest BCUT2D eigenvalue weighted by Crippen LogP contribution is -2.24. The standard InChI is InChI=1S/C11H14ClN/c1-11(2)7-13(3)10-5-4-8(12)6-9(10)11/h4-6H,7H2,1-3H3. The van der Waals surface area contributed by atoms with Crippen molar-refractivity contribution in [3.8, 4) is 0 Å². The van der Waals surface area contributed by atoms with Crippen LogP contribution in [0.15, 0.2) is 18.2 Å². The van der Waals surface area contributed by atoms with Gasteiger partial charge in [-0.25, -0.2) is 0 Å². The molecule has 0 amide bonds. The lowest BCUT2D eigenvalue weighted by molar-refractivity contribution is 0.563. The van der Waals surface area contributed by atoms with Gasteiger partial charge in [-0.1, -0.05) is 25.4 Å². The minimum absolute atomic E-state index is 0.231. The van der Waals surface area contributed by atoms with E-state index in [-0.39, 0.29) is 5.41 Å². The number of hydrogen-bond acceptors (Lipinski definition) is 1. The molecule has 1 heterocycles. The molecule has 0 bridgehead atoms. The molecule has 13 heavy (non-hydrogen) atoms. The van der Waals surface area contributed by atoms with Gasteiger partial charge in [0, 0.05) is 29.7 Å². The summed E-state index contributed by atoms with van der Waals surface area (Å²) < 4.78 is 0. The molecule has 2 rings (SSSR count). The molecule has 0 aromatic heterocycles. The van der Waals surface area contributed by atoms with Gasteiger partial charge in [-0.3, -0.25) is 0 Å². The smallest absolute Gasteiger partial charge is 0.0410 e. The summed E-state index contributed by atoms with van der Waals surface area (Å²) in [5, 5.41) is 0.835. The van der Waals surface area contributed by atoms with E-state index in [9.17, 15) is 0 Å². The van der Waals surface area contributed by atoms with Crippen molar-refractivity contribution in [3.05, 3.63) is 28.8 Å². The molecule has 1 nitrogen and oxygen atoms in total. The summed E-state index contributed by atoms with van der Waals surface area (Å²) in [5.41, 5.74) is 2.91. The lowest BCUT2D eigenvalue weighted by atomic mass is 9.87. The molecule has 0 aliphatic carbocycles. The van der Waals surface area contributed by atoms with Crippen LogP contribution in [-0.2, 0) is 5.41 Å². The van der Waals surface area contributed by atoms with Crippen LogP contribution in [-0.4, -0.2) is 13.6 Å². The van der Waals surface area contributed by atoms with Gasteiger partial charge < -0.3 is 4.90 Å². The van der Waals surface area contributed by atoms with Gasteiger partial charge in [-0.05, 0) is 23.8 Å². The van der Waals surface area contributed by atoms with E-state index < -0.39 is 0 Å². The van der Waals surface area contributed by atoms with Crippen LogP contribution in [0.1, 0.15) is 19.4 Å². The number of nitrogens with zero attached hydrogens (tertiary/aromatic N) is 1. The average molecular weight is 196 g/mol. The van der Waals surface area contributed by atoms with Gasteiger partial charge >= 0.3 is 0 Å². The molecule has 0 saturated carbocycles. The first-order valence-corrected chi connectivity index (χ1v) is 4.90. The summed E-state index contributed by atoms with van der Waals surface area (Å²) in [6.45, 7) is 5.58. The van der Waals surface area contributed by atoms with Crippen molar-refractivity contribution >= 4 is 17.3 Å². The summed E-state index contributed by atoms with van der Waals surface area (Å²) in [6, 6.07) is 6.14. The third-order valence-corrected chi connectivity index (χ3v) is 2.97. The molecule has 2 heteroatoms. The first-order valence-electron chi connectivity index (χ1n) is 4.52. The molecule has 1 aliphatic rings. The zero-order valence-electron chi connectivity index (χ0n) is 8.26. The predicted molar refractivity (Wildman–Crippen MR) is 57.7 cm³/mol. The fraction of sp³-hybridized carbons (Fsp3) is 0.455. The fourth-order valence-corrected chi connectivity index (χ4v) is 2.32. The molecule has 0 saturated heterocycles. The first kappa shape index (κ1) is 8.89. The van der Waals surface area contributed by atoms with Crippen molar-refractivity contribution in [2.24, 2.45) is 0 Å². The van der Waals surface area contributed by atoms with E-state index in [2.05, 4.69) is 37.9 Å². The fourth-order valence-electron chi connectivity index (χ4n) is 2.15. The summed E-state index contributed by atoms with van der Waals surface area (Å²) in [6.07, 6.45) is 0. The second-order valence-corrected chi connectivity index (χ2v) is 4.84. The Morgan fingerprint density at radius 2 is 2.08 bits per heavy atom. The van der Waals surface area contributed by atoms with E-state index in [1.807, 2.05) is 6.07 Å². The Kier molecular flexibility index (Phi) is 1.81. The predicted octanol–water partition coefficient (Wildman–Crippen LogP) is 3.07. The number of rotatable bonds is 0. The number of fused-ring (bicyclic) bond motifs is 1. The molecule has 1 aromatic rings. The van der Waals surface area contributed by atoms with Crippen molar-refractivity contribution in [2.75, 3.05) is 18.5 Å². The van der Waals surface area contributed by atoms with Crippen molar-refractivity contribution in [2.45, 2.75) is 19.3 Å². The van der Waals surface area contributed by atoms with E-state index in [1.165, 1.54) is 11.3 Å². The summed E-state index contributed by atoms with van der Waals surface area (Å²) in [4.78, 5) is 2.28. The number of anilines is 1. The molecular formula is C11H14ClN. The van der Waals surface area contributed by atoms with Crippen LogP contribution in [0.25, 0.3) is 0 Å². The molecule has 0 N–H and O–H groups in total. The molecule has 70 valence electrons. The highest BCUT2D eigenvalue weighted by Gasteiger charge is 2.32. The van der Waals surface area contributed by atoms with Crippen LogP contribution >= 0.6 is 11.6 Å². The first-order chi connectivity index (χ1) is 6.00. The minimum Gasteiger partial charge on any atom is -0.373 e. The minimum atomic E-state index is 0.231. The number of halogens is 1. The summed E-state index contributed by atoms with van der Waals surface area (Å²) in [5.74, 6) is 0. The van der Waals surface area contributed by atoms with E-state index in [1.54, 1.807) is 0 Å². The van der Waals surface area contributed by atoms with Gasteiger partial charge in [-0.15, -0.1) is 0 Å². The normalized spacial score (nSPS) is 18.9. The molecule has 1 aromatic carbocycles. The van der Waals surface area contributed by atoms with Crippen molar-refractivity contribution in [1.82, 2.24) is 0 Å². The molecule has 0 radical (unpaired) electrons. The Hall–Kier alpha value is -0.690. The highest BCUT2D eigenvalue weighted by Crippen LogP contribution is 2.40. The second kappa shape index (κ2) is 2.65. The van der Waals surface area contributed by atoms with Crippen LogP contribution in [0.2, 0.25) is 5.02 Å². The van der Waals surface area contributed by atoms with Crippen LogP contribution in [0, 0.1) is 0 Å². The van der Waals surface area contributed by atoms with Crippen LogP contribution in [0.4, 0.5) is 5.69 Å². The maximum absolute atomic E-state index is 5.98. The van der Waals surface area contributed by atoms with Crippen molar-refractivity contribution in [3.63, 3.8) is 0 Å². The monoisotopic (exact) mass is 195 g/mol. The van der Waals surface area contributed by atoms with Crippen molar-refractivity contribution in [1.29, 1.82) is 0 Å². The number of benzene rings is 1. The zero-order chi connectivity index (χ0) is 9.64. The van der Waals surface area contributed by atoms with Gasteiger partial charge in [0.05, 0.1) is 0 Å². The molecule has 1 aliphatic heterocycles. The highest BCUT2D eigenvalue weighted by molar-refractivity contribution is 6.30. The Labute approximate surface area is 84.3 Å². The maximum Gasteiger partial charge on any atom is 0.0410 e. The second-order valence-electron chi connectivity index (χ2n) is 4.40. The largest absolute Gasteiger partial charge is 0.373 e. The van der Waals surface area contributed by atoms with Crippen LogP contribution in [0.3, 0.4) is 0 Å². The molecule has 0 unspecified atom stereocenters. The van der Waals surface area contributed by atoms with Gasteiger partial charge in [0.25, 0.3) is 0 Å². The Morgan fingerprint density at radius 3 is 2.77 bits per heavy atom. The Bertz CT molecular complexity index is 344. The van der Waals surface area contributed by atoms with E-state index >= 15 is 0 Å². The molecule has 0 fully saturated rings. The Morgan fingerprint density at radius 1 is 1.38 bits per heavy atom. The average Bonchev–Trinajstić information content (AvgIpc) is 2.23. The number of likely N-dealkylation sites (N-methyl/N-ethyl adjacent to an activating group) is 1. The van der Waals surface area contributed by atoms with Gasteiger partial charge in [0.1, 0.15) is 0 Å². The SMILES string of the molecule is CN1CC(C)(C)c2cc(Cl)ccc21. The van der Waals surface area contributed by atoms with Crippen molar-refractivity contribution < 1.29 is 0 Å². The number of hydrogen-bond donors (Lipinski definition) is 0. The van der Waals surface area contributed by atoms with Crippen LogP contribution < -0.4 is 4.90 Å². The highest BCUT2D eigenvalue weighted by atomic mass is 35.5. The topological polar surface area (TPSA) is 3.24 Å². The quantitative estimate of drug-likeness (QED) is 0.615. The lowest BCUT2D eigenvalue weighted by Gasteiger charge is -2.18. The van der Waals surface area contributed by atoms with E-state index in [0.29, 0.717) is 0 Å². The zero-order valence-corrected chi connectivity index (χ0v) is 9.02. The Balaban J connectivity index is 2.60. The van der Waals surface area contributed by atoms with E-state index in [0.717, 1.165) is 11.6 Å². The molecular weight excluding hydrogens is 182 g/mol. The van der Waals surface area contributed by atoms with E-state index in [4.69, 9.17) is 11.6 Å². The van der Waals surface area contributed by atoms with Gasteiger partial charge in [0.15, 0.2) is 0 Å². The molecule has 0 spiro atoms. The van der Waals surface area contributed by atoms with Gasteiger partial charge in [0.2, 0.25) is 0 Å². The third-order valence-electron chi connectivity index (χ3n) is 2.73. The summed E-state index contributed by atoms with van der Waals surface area (Å²) >= 11 is 5.98.